The maximum absolute atomic E-state index is 12.9. The van der Waals surface area contributed by atoms with E-state index in [-0.39, 0.29) is 18.2 Å². The van der Waals surface area contributed by atoms with Gasteiger partial charge in [0, 0.05) is 23.7 Å². The first-order valence-electron chi connectivity index (χ1n) is 9.81. The van der Waals surface area contributed by atoms with Crippen LogP contribution < -0.4 is 19.7 Å². The smallest absolute Gasteiger partial charge is 0.229 e. The maximum Gasteiger partial charge on any atom is 0.229 e. The lowest BCUT2D eigenvalue weighted by atomic mass is 10.1. The van der Waals surface area contributed by atoms with Gasteiger partial charge in [0.05, 0.1) is 18.7 Å². The van der Waals surface area contributed by atoms with Crippen LogP contribution in [0.3, 0.4) is 0 Å². The van der Waals surface area contributed by atoms with E-state index in [0.717, 1.165) is 5.69 Å². The summed E-state index contributed by atoms with van der Waals surface area (Å²) >= 11 is 6.13. The van der Waals surface area contributed by atoms with Crippen LogP contribution in [0, 0.1) is 5.92 Å². The van der Waals surface area contributed by atoms with E-state index in [9.17, 15) is 9.59 Å². The summed E-state index contributed by atoms with van der Waals surface area (Å²) in [5, 5.41) is 3.35. The third-order valence-corrected chi connectivity index (χ3v) is 5.29. The Labute approximate surface area is 185 Å². The number of anilines is 2. The number of ether oxygens (including phenoxy) is 2. The van der Waals surface area contributed by atoms with Crippen molar-refractivity contribution in [2.45, 2.75) is 6.42 Å². The monoisotopic (exact) mass is 436 g/mol. The third-order valence-electron chi connectivity index (χ3n) is 5.05. The van der Waals surface area contributed by atoms with Crippen LogP contribution in [0.4, 0.5) is 11.4 Å². The molecule has 0 aromatic heterocycles. The van der Waals surface area contributed by atoms with Gasteiger partial charge in [-0.2, -0.15) is 0 Å². The van der Waals surface area contributed by atoms with E-state index in [1.165, 1.54) is 0 Å². The van der Waals surface area contributed by atoms with E-state index in [2.05, 4.69) is 5.32 Å². The molecule has 0 spiro atoms. The van der Waals surface area contributed by atoms with Crippen LogP contribution >= 0.6 is 11.6 Å². The molecule has 4 rings (SSSR count). The molecule has 2 amide bonds. The molecular weight excluding hydrogens is 416 g/mol. The zero-order valence-electron chi connectivity index (χ0n) is 16.9. The molecule has 3 aromatic carbocycles. The molecule has 1 aliphatic rings. The van der Waals surface area contributed by atoms with Crippen molar-refractivity contribution >= 4 is 34.8 Å². The van der Waals surface area contributed by atoms with Crippen molar-refractivity contribution in [2.75, 3.05) is 23.9 Å². The molecule has 0 aliphatic carbocycles. The normalized spacial score (nSPS) is 15.6. The summed E-state index contributed by atoms with van der Waals surface area (Å²) < 4.78 is 11.1. The molecule has 1 atom stereocenters. The predicted octanol–water partition coefficient (Wildman–Crippen LogP) is 5.13. The number of carbonyl (C=O) groups excluding carboxylic acids is 2. The van der Waals surface area contributed by atoms with Crippen LogP contribution in [0.15, 0.2) is 72.8 Å². The minimum absolute atomic E-state index is 0.0998. The minimum Gasteiger partial charge on any atom is -0.497 e. The van der Waals surface area contributed by atoms with Gasteiger partial charge >= 0.3 is 0 Å². The molecule has 0 radical (unpaired) electrons. The number of para-hydroxylation sites is 1. The van der Waals surface area contributed by atoms with Gasteiger partial charge in [0.25, 0.3) is 0 Å². The van der Waals surface area contributed by atoms with Gasteiger partial charge in [-0.25, -0.2) is 0 Å². The minimum atomic E-state index is -0.488. The van der Waals surface area contributed by atoms with Crippen molar-refractivity contribution in [3.05, 3.63) is 77.8 Å². The van der Waals surface area contributed by atoms with Crippen LogP contribution in [0.1, 0.15) is 6.42 Å². The van der Waals surface area contributed by atoms with Gasteiger partial charge in [-0.15, -0.1) is 0 Å². The van der Waals surface area contributed by atoms with Gasteiger partial charge in [0.1, 0.15) is 11.5 Å². The van der Waals surface area contributed by atoms with E-state index in [1.54, 1.807) is 54.5 Å². The van der Waals surface area contributed by atoms with E-state index < -0.39 is 5.92 Å². The van der Waals surface area contributed by atoms with Gasteiger partial charge in [-0.3, -0.25) is 9.59 Å². The summed E-state index contributed by atoms with van der Waals surface area (Å²) in [5.41, 5.74) is 1.19. The van der Waals surface area contributed by atoms with Crippen LogP contribution in [0.2, 0.25) is 5.02 Å². The number of amides is 2. The predicted molar refractivity (Wildman–Crippen MR) is 120 cm³/mol. The van der Waals surface area contributed by atoms with Gasteiger partial charge in [0.15, 0.2) is 5.75 Å². The second kappa shape index (κ2) is 9.10. The highest BCUT2D eigenvalue weighted by Gasteiger charge is 2.35. The first-order chi connectivity index (χ1) is 15.0. The highest BCUT2D eigenvalue weighted by Crippen LogP contribution is 2.33. The van der Waals surface area contributed by atoms with E-state index in [0.29, 0.717) is 34.5 Å². The number of methoxy groups -OCH3 is 1. The summed E-state index contributed by atoms with van der Waals surface area (Å²) in [5.74, 6) is 0.971. The SMILES string of the molecule is COc1ccc(N2CC(C(=O)Nc3cc(Cl)ccc3Oc3ccccc3)CC2=O)cc1. The van der Waals surface area contributed by atoms with Gasteiger partial charge in [0.2, 0.25) is 11.8 Å². The van der Waals surface area contributed by atoms with Crippen molar-refractivity contribution in [3.63, 3.8) is 0 Å². The number of nitrogens with one attached hydrogen (secondary N) is 1. The van der Waals surface area contributed by atoms with Gasteiger partial charge in [-0.05, 0) is 54.6 Å². The van der Waals surface area contributed by atoms with Gasteiger partial charge < -0.3 is 19.7 Å². The molecule has 1 fully saturated rings. The van der Waals surface area contributed by atoms with Crippen LogP contribution in [0.25, 0.3) is 0 Å². The van der Waals surface area contributed by atoms with Crippen molar-refractivity contribution in [3.8, 4) is 17.2 Å². The molecule has 7 heteroatoms. The first kappa shape index (κ1) is 20.8. The van der Waals surface area contributed by atoms with E-state index in [1.807, 2.05) is 30.3 Å². The first-order valence-corrected chi connectivity index (χ1v) is 10.2. The van der Waals surface area contributed by atoms with Crippen molar-refractivity contribution < 1.29 is 19.1 Å². The second-order valence-electron chi connectivity index (χ2n) is 7.15. The fraction of sp³-hybridized carbons (Fsp3) is 0.167. The molecule has 0 saturated carbocycles. The molecular formula is C24H21ClN2O4. The van der Waals surface area contributed by atoms with Crippen molar-refractivity contribution in [2.24, 2.45) is 5.92 Å². The zero-order chi connectivity index (χ0) is 21.8. The molecule has 0 bridgehead atoms. The van der Waals surface area contributed by atoms with Crippen molar-refractivity contribution in [1.29, 1.82) is 0 Å². The number of hydrogen-bond acceptors (Lipinski definition) is 4. The number of rotatable bonds is 6. The molecule has 1 heterocycles. The third kappa shape index (κ3) is 4.81. The van der Waals surface area contributed by atoms with E-state index >= 15 is 0 Å². The summed E-state index contributed by atoms with van der Waals surface area (Å²) in [6.45, 7) is 0.298. The number of hydrogen-bond donors (Lipinski definition) is 1. The lowest BCUT2D eigenvalue weighted by Gasteiger charge is -2.18. The Kier molecular flexibility index (Phi) is 6.09. The molecule has 31 heavy (non-hydrogen) atoms. The number of benzene rings is 3. The fourth-order valence-electron chi connectivity index (χ4n) is 3.43. The average molecular weight is 437 g/mol. The molecule has 158 valence electrons. The molecule has 6 nitrogen and oxygen atoms in total. The Bertz CT molecular complexity index is 1090. The largest absolute Gasteiger partial charge is 0.497 e. The highest BCUT2D eigenvalue weighted by molar-refractivity contribution is 6.31. The summed E-state index contributed by atoms with van der Waals surface area (Å²) in [6, 6.07) is 21.5. The molecule has 1 N–H and O–H groups in total. The second-order valence-corrected chi connectivity index (χ2v) is 7.58. The standard InChI is InChI=1S/C24H21ClN2O4/c1-30-19-10-8-18(9-11-19)27-15-16(13-23(27)28)24(29)26-21-14-17(25)7-12-22(21)31-20-5-3-2-4-6-20/h2-12,14,16H,13,15H2,1H3,(H,26,29). The average Bonchev–Trinajstić information content (AvgIpc) is 3.18. The van der Waals surface area contributed by atoms with Gasteiger partial charge in [-0.1, -0.05) is 29.8 Å². The summed E-state index contributed by atoms with van der Waals surface area (Å²) in [4.78, 5) is 27.1. The Morgan fingerprint density at radius 3 is 2.48 bits per heavy atom. The number of halogens is 1. The fourth-order valence-corrected chi connectivity index (χ4v) is 3.61. The topological polar surface area (TPSA) is 67.9 Å². The summed E-state index contributed by atoms with van der Waals surface area (Å²) in [7, 11) is 1.59. The highest BCUT2D eigenvalue weighted by atomic mass is 35.5. The zero-order valence-corrected chi connectivity index (χ0v) is 17.6. The molecule has 1 saturated heterocycles. The molecule has 1 aliphatic heterocycles. The molecule has 3 aromatic rings. The lowest BCUT2D eigenvalue weighted by molar-refractivity contribution is -0.122. The van der Waals surface area contributed by atoms with Crippen LogP contribution in [-0.4, -0.2) is 25.5 Å². The van der Waals surface area contributed by atoms with Crippen molar-refractivity contribution in [1.82, 2.24) is 0 Å². The molecule has 1 unspecified atom stereocenters. The quantitative estimate of drug-likeness (QED) is 0.581. The Morgan fingerprint density at radius 1 is 1.03 bits per heavy atom. The number of carbonyl (C=O) groups is 2. The van der Waals surface area contributed by atoms with Crippen LogP contribution in [-0.2, 0) is 9.59 Å². The van der Waals surface area contributed by atoms with E-state index in [4.69, 9.17) is 21.1 Å². The Morgan fingerprint density at radius 2 is 1.77 bits per heavy atom. The number of nitrogens with zero attached hydrogens (tertiary/aromatic N) is 1. The Balaban J connectivity index is 1.48. The summed E-state index contributed by atoms with van der Waals surface area (Å²) in [6.07, 6.45) is 0.132. The maximum atomic E-state index is 12.9. The lowest BCUT2D eigenvalue weighted by Crippen LogP contribution is -2.28. The van der Waals surface area contributed by atoms with Crippen LogP contribution in [0.5, 0.6) is 17.2 Å². The Hall–Kier alpha value is -3.51.